The van der Waals surface area contributed by atoms with Crippen molar-refractivity contribution in [3.8, 4) is 5.75 Å². The topological polar surface area (TPSA) is 62.6 Å². The van der Waals surface area contributed by atoms with Crippen LogP contribution in [0.3, 0.4) is 0 Å². The Morgan fingerprint density at radius 3 is 2.30 bits per heavy atom. The number of nitrogens with zero attached hydrogens (tertiary/aromatic N) is 2. The Hall–Kier alpha value is -2.12. The van der Waals surface area contributed by atoms with E-state index in [9.17, 15) is 4.79 Å². The molecule has 0 amide bonds. The number of methoxy groups -OCH3 is 1. The molecule has 1 aliphatic rings. The van der Waals surface area contributed by atoms with Crippen LogP contribution in [0.15, 0.2) is 29.1 Å². The first-order valence-electron chi connectivity index (χ1n) is 9.11. The molecular formula is C20H27BN2O4. The summed E-state index contributed by atoms with van der Waals surface area (Å²) in [6.07, 6.45) is 0. The van der Waals surface area contributed by atoms with E-state index >= 15 is 0 Å². The molecule has 1 aliphatic heterocycles. The summed E-state index contributed by atoms with van der Waals surface area (Å²) in [6.45, 7) is 12.1. The number of hydrogen-bond acceptors (Lipinski definition) is 5. The molecule has 0 atom stereocenters. The third-order valence-corrected chi connectivity index (χ3v) is 5.49. The van der Waals surface area contributed by atoms with Gasteiger partial charge in [0, 0.05) is 17.3 Å². The van der Waals surface area contributed by atoms with Crippen LogP contribution >= 0.6 is 0 Å². The highest BCUT2D eigenvalue weighted by atomic mass is 16.7. The highest BCUT2D eigenvalue weighted by Gasteiger charge is 2.51. The van der Waals surface area contributed by atoms with Gasteiger partial charge < -0.3 is 14.0 Å². The maximum atomic E-state index is 12.4. The molecular weight excluding hydrogens is 343 g/mol. The van der Waals surface area contributed by atoms with Crippen molar-refractivity contribution < 1.29 is 14.0 Å². The molecule has 0 N–H and O–H groups in total. The molecule has 7 heteroatoms. The first-order valence-corrected chi connectivity index (χ1v) is 9.11. The lowest BCUT2D eigenvalue weighted by Gasteiger charge is -2.32. The highest BCUT2D eigenvalue weighted by Crippen LogP contribution is 2.36. The van der Waals surface area contributed by atoms with Crippen molar-refractivity contribution in [2.75, 3.05) is 7.11 Å². The number of hydrogen-bond donors (Lipinski definition) is 0. The Balaban J connectivity index is 1.98. The second-order valence-electron chi connectivity index (χ2n) is 8.03. The maximum Gasteiger partial charge on any atom is 0.494 e. The van der Waals surface area contributed by atoms with Crippen molar-refractivity contribution in [3.05, 3.63) is 51.7 Å². The molecule has 0 unspecified atom stereocenters. The van der Waals surface area contributed by atoms with Crippen LogP contribution in [-0.2, 0) is 15.9 Å². The molecule has 0 saturated carbocycles. The van der Waals surface area contributed by atoms with Gasteiger partial charge in [-0.2, -0.15) is 0 Å². The zero-order valence-corrected chi connectivity index (χ0v) is 17.1. The zero-order chi connectivity index (χ0) is 20.0. The predicted octanol–water partition coefficient (Wildman–Crippen LogP) is 2.22. The molecule has 27 heavy (non-hydrogen) atoms. The second-order valence-corrected chi connectivity index (χ2v) is 8.03. The second kappa shape index (κ2) is 6.80. The van der Waals surface area contributed by atoms with Crippen molar-refractivity contribution in [1.82, 2.24) is 9.55 Å². The first kappa shape index (κ1) is 19.6. The van der Waals surface area contributed by atoms with Crippen molar-refractivity contribution in [2.45, 2.75) is 59.3 Å². The maximum absolute atomic E-state index is 12.4. The summed E-state index contributed by atoms with van der Waals surface area (Å²) < 4.78 is 19.4. The molecule has 0 radical (unpaired) electrons. The molecule has 0 bridgehead atoms. The van der Waals surface area contributed by atoms with Crippen LogP contribution in [0, 0.1) is 13.8 Å². The van der Waals surface area contributed by atoms with Gasteiger partial charge in [-0.25, -0.2) is 4.98 Å². The van der Waals surface area contributed by atoms with Crippen LogP contribution in [0.4, 0.5) is 0 Å². The van der Waals surface area contributed by atoms with Crippen molar-refractivity contribution in [2.24, 2.45) is 0 Å². The fourth-order valence-corrected chi connectivity index (χ4v) is 3.17. The van der Waals surface area contributed by atoms with Gasteiger partial charge >= 0.3 is 7.12 Å². The van der Waals surface area contributed by atoms with Crippen LogP contribution in [0.25, 0.3) is 0 Å². The van der Waals surface area contributed by atoms with Gasteiger partial charge in [0.1, 0.15) is 11.6 Å². The number of aromatic nitrogens is 2. The molecule has 1 fully saturated rings. The molecule has 2 heterocycles. The monoisotopic (exact) mass is 370 g/mol. The van der Waals surface area contributed by atoms with E-state index in [1.165, 1.54) is 6.07 Å². The van der Waals surface area contributed by atoms with E-state index in [0.29, 0.717) is 23.8 Å². The van der Waals surface area contributed by atoms with Gasteiger partial charge in [0.25, 0.3) is 5.56 Å². The van der Waals surface area contributed by atoms with E-state index in [0.717, 1.165) is 11.0 Å². The van der Waals surface area contributed by atoms with Crippen molar-refractivity contribution in [1.29, 1.82) is 0 Å². The van der Waals surface area contributed by atoms with Gasteiger partial charge in [-0.05, 0) is 53.1 Å². The molecule has 144 valence electrons. The summed E-state index contributed by atoms with van der Waals surface area (Å²) in [4.78, 5) is 16.8. The summed E-state index contributed by atoms with van der Waals surface area (Å²) >= 11 is 0. The molecule has 6 nitrogen and oxygen atoms in total. The number of rotatable bonds is 4. The quantitative estimate of drug-likeness (QED) is 0.773. The molecule has 3 rings (SSSR count). The Morgan fingerprint density at radius 1 is 1.11 bits per heavy atom. The lowest BCUT2D eigenvalue weighted by atomic mass is 9.78. The zero-order valence-electron chi connectivity index (χ0n) is 17.1. The Kier molecular flexibility index (Phi) is 4.95. The van der Waals surface area contributed by atoms with Crippen LogP contribution in [0.2, 0.25) is 0 Å². The molecule has 1 saturated heterocycles. The molecule has 0 aliphatic carbocycles. The Morgan fingerprint density at radius 2 is 1.74 bits per heavy atom. The van der Waals surface area contributed by atoms with Crippen molar-refractivity contribution >= 4 is 12.6 Å². The predicted molar refractivity (Wildman–Crippen MR) is 106 cm³/mol. The average molecular weight is 370 g/mol. The fourth-order valence-electron chi connectivity index (χ4n) is 3.17. The lowest BCUT2D eigenvalue weighted by Crippen LogP contribution is -2.41. The molecule has 1 aromatic carbocycles. The van der Waals surface area contributed by atoms with E-state index in [2.05, 4.69) is 4.98 Å². The summed E-state index contributed by atoms with van der Waals surface area (Å²) in [7, 11) is 1.16. The largest absolute Gasteiger partial charge is 0.496 e. The summed E-state index contributed by atoms with van der Waals surface area (Å²) in [5.41, 5.74) is 1.59. The smallest absolute Gasteiger partial charge is 0.494 e. The van der Waals surface area contributed by atoms with Gasteiger partial charge in [-0.15, -0.1) is 0 Å². The average Bonchev–Trinajstić information content (AvgIpc) is 2.78. The van der Waals surface area contributed by atoms with E-state index in [1.807, 2.05) is 59.7 Å². The minimum Gasteiger partial charge on any atom is -0.496 e. The third-order valence-electron chi connectivity index (χ3n) is 5.49. The third kappa shape index (κ3) is 3.66. The number of aryl methyl sites for hydroxylation is 2. The van der Waals surface area contributed by atoms with Crippen LogP contribution in [0.5, 0.6) is 5.75 Å². The molecule has 0 spiro atoms. The lowest BCUT2D eigenvalue weighted by molar-refractivity contribution is 0.00578. The Bertz CT molecular complexity index is 905. The standard InChI is InChI=1S/C20H27BN2O4/c1-13-10-18(24)23(14(2)22-13)12-15-11-16(8-9-17(15)25-7)21-26-19(3,4)20(5,6)27-21/h8-11H,12H2,1-7H3. The normalized spacial score (nSPS) is 18.0. The minimum absolute atomic E-state index is 0.0805. The molecule has 1 aromatic heterocycles. The number of ether oxygens (including phenoxy) is 1. The summed E-state index contributed by atoms with van der Waals surface area (Å²) in [5.74, 6) is 1.38. The van der Waals surface area contributed by atoms with E-state index in [-0.39, 0.29) is 5.56 Å². The van der Waals surface area contributed by atoms with E-state index in [1.54, 1.807) is 11.7 Å². The minimum atomic E-state index is -0.464. The Labute approximate surface area is 160 Å². The van der Waals surface area contributed by atoms with Crippen LogP contribution < -0.4 is 15.8 Å². The first-order chi connectivity index (χ1) is 12.5. The fraction of sp³-hybridized carbons (Fsp3) is 0.500. The van der Waals surface area contributed by atoms with Crippen LogP contribution in [-0.4, -0.2) is 35.0 Å². The van der Waals surface area contributed by atoms with Gasteiger partial charge in [0.15, 0.2) is 0 Å². The summed E-state index contributed by atoms with van der Waals surface area (Å²) in [5, 5.41) is 0. The highest BCUT2D eigenvalue weighted by molar-refractivity contribution is 6.62. The number of benzene rings is 1. The van der Waals surface area contributed by atoms with Gasteiger partial charge in [0.2, 0.25) is 0 Å². The van der Waals surface area contributed by atoms with Gasteiger partial charge in [-0.3, -0.25) is 9.36 Å². The van der Waals surface area contributed by atoms with Gasteiger partial charge in [0.05, 0.1) is 24.9 Å². The van der Waals surface area contributed by atoms with Crippen LogP contribution in [0.1, 0.15) is 44.8 Å². The van der Waals surface area contributed by atoms with Crippen molar-refractivity contribution in [3.63, 3.8) is 0 Å². The van der Waals surface area contributed by atoms with E-state index < -0.39 is 18.3 Å². The van der Waals surface area contributed by atoms with Gasteiger partial charge in [-0.1, -0.05) is 12.1 Å². The molecule has 2 aromatic rings. The SMILES string of the molecule is COc1ccc(B2OC(C)(C)C(C)(C)O2)cc1Cn1c(C)nc(C)cc1=O. The van der Waals surface area contributed by atoms with E-state index in [4.69, 9.17) is 14.0 Å². The summed E-state index contributed by atoms with van der Waals surface area (Å²) in [6, 6.07) is 7.34.